The topological polar surface area (TPSA) is 46.1 Å². The highest BCUT2D eigenvalue weighted by molar-refractivity contribution is 5.80. The molecule has 3 fully saturated rings. The van der Waals surface area contributed by atoms with E-state index in [0.29, 0.717) is 11.5 Å². The molecule has 120 valence electrons. The summed E-state index contributed by atoms with van der Waals surface area (Å²) in [6.07, 6.45) is 6.39. The molecule has 0 aliphatic carbocycles. The van der Waals surface area contributed by atoms with Gasteiger partial charge in [-0.15, -0.1) is 0 Å². The second-order valence-electron chi connectivity index (χ2n) is 6.66. The lowest BCUT2D eigenvalue weighted by Gasteiger charge is -2.26. The highest BCUT2D eigenvalue weighted by atomic mass is 16.5. The Morgan fingerprint density at radius 2 is 2.29 bits per heavy atom. The quantitative estimate of drug-likeness (QED) is 0.635. The van der Waals surface area contributed by atoms with Gasteiger partial charge in [0.25, 0.3) is 0 Å². The van der Waals surface area contributed by atoms with Gasteiger partial charge in [0.2, 0.25) is 0 Å². The predicted octanol–water partition coefficient (Wildman–Crippen LogP) is 1.63. The van der Waals surface area contributed by atoms with Gasteiger partial charge < -0.3 is 19.7 Å². The van der Waals surface area contributed by atoms with Crippen molar-refractivity contribution in [2.45, 2.75) is 45.1 Å². The third kappa shape index (κ3) is 3.69. The molecule has 3 aliphatic heterocycles. The molecule has 3 saturated heterocycles. The Kier molecular flexibility index (Phi) is 5.01. The standard InChI is InChI=1S/C16H29N3O2/c1-2-17-15(18-11-14-5-3-4-9-21-14)19-8-6-16(12-19)7-10-20-13-16/h14H,2-13H2,1H3,(H,17,18). The second-order valence-corrected chi connectivity index (χ2v) is 6.66. The Balaban J connectivity index is 1.58. The van der Waals surface area contributed by atoms with E-state index in [2.05, 4.69) is 17.1 Å². The van der Waals surface area contributed by atoms with Crippen LogP contribution in [0, 0.1) is 5.41 Å². The molecule has 2 unspecified atom stereocenters. The smallest absolute Gasteiger partial charge is 0.194 e. The Hall–Kier alpha value is -0.810. The van der Waals surface area contributed by atoms with Crippen LogP contribution in [-0.4, -0.2) is 63.0 Å². The van der Waals surface area contributed by atoms with Gasteiger partial charge in [-0.1, -0.05) is 0 Å². The average molecular weight is 295 g/mol. The Bertz CT molecular complexity index is 361. The first kappa shape index (κ1) is 15.1. The number of aliphatic imine (C=N–C) groups is 1. The summed E-state index contributed by atoms with van der Waals surface area (Å²) in [5.41, 5.74) is 0.386. The van der Waals surface area contributed by atoms with Crippen molar-refractivity contribution in [3.05, 3.63) is 0 Å². The summed E-state index contributed by atoms with van der Waals surface area (Å²) in [5, 5.41) is 3.45. The summed E-state index contributed by atoms with van der Waals surface area (Å²) >= 11 is 0. The van der Waals surface area contributed by atoms with Crippen LogP contribution in [0.1, 0.15) is 39.0 Å². The third-order valence-corrected chi connectivity index (χ3v) is 4.98. The largest absolute Gasteiger partial charge is 0.381 e. The molecular formula is C16H29N3O2. The maximum Gasteiger partial charge on any atom is 0.194 e. The Morgan fingerprint density at radius 1 is 1.33 bits per heavy atom. The average Bonchev–Trinajstić information content (AvgIpc) is 3.15. The van der Waals surface area contributed by atoms with Crippen LogP contribution in [0.2, 0.25) is 0 Å². The summed E-state index contributed by atoms with van der Waals surface area (Å²) in [4.78, 5) is 7.26. The molecule has 0 radical (unpaired) electrons. The predicted molar refractivity (Wildman–Crippen MR) is 83.6 cm³/mol. The molecule has 0 aromatic rings. The third-order valence-electron chi connectivity index (χ3n) is 4.98. The Labute approximate surface area is 128 Å². The van der Waals surface area contributed by atoms with E-state index in [1.54, 1.807) is 0 Å². The first-order valence-corrected chi connectivity index (χ1v) is 8.54. The van der Waals surface area contributed by atoms with Gasteiger partial charge >= 0.3 is 0 Å². The minimum atomic E-state index is 0.318. The summed E-state index contributed by atoms with van der Waals surface area (Å²) in [6, 6.07) is 0. The molecule has 0 saturated carbocycles. The van der Waals surface area contributed by atoms with Gasteiger partial charge in [-0.3, -0.25) is 4.99 Å². The van der Waals surface area contributed by atoms with Gasteiger partial charge in [-0.2, -0.15) is 0 Å². The first-order chi connectivity index (χ1) is 10.3. The number of likely N-dealkylation sites (tertiary alicyclic amines) is 1. The van der Waals surface area contributed by atoms with Gasteiger partial charge in [0.15, 0.2) is 5.96 Å². The second kappa shape index (κ2) is 6.97. The summed E-state index contributed by atoms with van der Waals surface area (Å²) in [7, 11) is 0. The number of rotatable bonds is 3. The molecule has 5 nitrogen and oxygen atoms in total. The van der Waals surface area contributed by atoms with Crippen LogP contribution in [0.15, 0.2) is 4.99 Å². The zero-order valence-electron chi connectivity index (χ0n) is 13.3. The summed E-state index contributed by atoms with van der Waals surface area (Å²) in [6.45, 7) is 8.79. The number of ether oxygens (including phenoxy) is 2. The highest BCUT2D eigenvalue weighted by Gasteiger charge is 2.42. The van der Waals surface area contributed by atoms with Gasteiger partial charge in [-0.25, -0.2) is 0 Å². The van der Waals surface area contributed by atoms with Crippen LogP contribution in [0.25, 0.3) is 0 Å². The zero-order valence-corrected chi connectivity index (χ0v) is 13.3. The van der Waals surface area contributed by atoms with E-state index < -0.39 is 0 Å². The van der Waals surface area contributed by atoms with E-state index >= 15 is 0 Å². The van der Waals surface area contributed by atoms with E-state index in [0.717, 1.165) is 58.4 Å². The van der Waals surface area contributed by atoms with Crippen LogP contribution < -0.4 is 5.32 Å². The van der Waals surface area contributed by atoms with Crippen LogP contribution in [0.4, 0.5) is 0 Å². The normalized spacial score (nSPS) is 33.9. The monoisotopic (exact) mass is 295 g/mol. The fourth-order valence-corrected chi connectivity index (χ4v) is 3.65. The molecule has 1 N–H and O–H groups in total. The summed E-state index contributed by atoms with van der Waals surface area (Å²) < 4.78 is 11.4. The van der Waals surface area contributed by atoms with Crippen molar-refractivity contribution in [1.82, 2.24) is 10.2 Å². The molecule has 5 heteroatoms. The lowest BCUT2D eigenvalue weighted by Crippen LogP contribution is -2.42. The van der Waals surface area contributed by atoms with Crippen LogP contribution >= 0.6 is 0 Å². The van der Waals surface area contributed by atoms with Crippen molar-refractivity contribution < 1.29 is 9.47 Å². The van der Waals surface area contributed by atoms with Crippen molar-refractivity contribution in [2.24, 2.45) is 10.4 Å². The molecule has 0 aromatic heterocycles. The molecule has 3 heterocycles. The number of nitrogens with zero attached hydrogens (tertiary/aromatic N) is 2. The van der Waals surface area contributed by atoms with Gasteiger partial charge in [-0.05, 0) is 39.0 Å². The number of hydrogen-bond donors (Lipinski definition) is 1. The van der Waals surface area contributed by atoms with Crippen molar-refractivity contribution in [2.75, 3.05) is 46.0 Å². The lowest BCUT2D eigenvalue weighted by atomic mass is 9.87. The molecule has 0 aromatic carbocycles. The minimum absolute atomic E-state index is 0.318. The number of nitrogens with one attached hydrogen (secondary N) is 1. The maximum absolute atomic E-state index is 5.79. The maximum atomic E-state index is 5.79. The van der Waals surface area contributed by atoms with Crippen LogP contribution in [-0.2, 0) is 9.47 Å². The van der Waals surface area contributed by atoms with Gasteiger partial charge in [0.05, 0.1) is 19.3 Å². The van der Waals surface area contributed by atoms with E-state index in [1.165, 1.54) is 25.7 Å². The van der Waals surface area contributed by atoms with Gasteiger partial charge in [0, 0.05) is 38.3 Å². The SMILES string of the molecule is CCNC(=NCC1CCCCO1)N1CCC2(CCOC2)C1. The molecule has 21 heavy (non-hydrogen) atoms. The molecule has 3 rings (SSSR count). The van der Waals surface area contributed by atoms with Gasteiger partial charge in [0.1, 0.15) is 0 Å². The van der Waals surface area contributed by atoms with E-state index in [4.69, 9.17) is 14.5 Å². The first-order valence-electron chi connectivity index (χ1n) is 8.54. The lowest BCUT2D eigenvalue weighted by molar-refractivity contribution is 0.0223. The van der Waals surface area contributed by atoms with E-state index in [1.807, 2.05) is 0 Å². The van der Waals surface area contributed by atoms with E-state index in [-0.39, 0.29) is 0 Å². The van der Waals surface area contributed by atoms with E-state index in [9.17, 15) is 0 Å². The van der Waals surface area contributed by atoms with Crippen molar-refractivity contribution in [1.29, 1.82) is 0 Å². The molecular weight excluding hydrogens is 266 g/mol. The molecule has 2 atom stereocenters. The molecule has 0 amide bonds. The van der Waals surface area contributed by atoms with Crippen LogP contribution in [0.3, 0.4) is 0 Å². The fourth-order valence-electron chi connectivity index (χ4n) is 3.65. The number of hydrogen-bond acceptors (Lipinski definition) is 3. The summed E-state index contributed by atoms with van der Waals surface area (Å²) in [5.74, 6) is 1.07. The van der Waals surface area contributed by atoms with Crippen molar-refractivity contribution in [3.8, 4) is 0 Å². The Morgan fingerprint density at radius 3 is 3.00 bits per heavy atom. The molecule has 0 bridgehead atoms. The minimum Gasteiger partial charge on any atom is -0.381 e. The number of guanidine groups is 1. The zero-order chi connectivity index (χ0) is 14.5. The van der Waals surface area contributed by atoms with Crippen molar-refractivity contribution >= 4 is 5.96 Å². The van der Waals surface area contributed by atoms with Crippen LogP contribution in [0.5, 0.6) is 0 Å². The fraction of sp³-hybridized carbons (Fsp3) is 0.938. The molecule has 3 aliphatic rings. The molecule has 1 spiro atoms. The highest BCUT2D eigenvalue weighted by Crippen LogP contribution is 2.38. The van der Waals surface area contributed by atoms with Crippen molar-refractivity contribution in [3.63, 3.8) is 0 Å².